The molecule has 2 aromatic rings. The first-order valence-electron chi connectivity index (χ1n) is 5.05. The standard InChI is InChI=1S/C13H14N2/c1-3-4-5-6-11-9-15-13-12(11)10(2)7-8-14-13/h3-9H,1-2H3,(H,14,15)/b4-3+,6-5+. The van der Waals surface area contributed by atoms with E-state index in [1.807, 2.05) is 43.6 Å². The number of pyridine rings is 1. The molecule has 0 spiro atoms. The van der Waals surface area contributed by atoms with Gasteiger partial charge in [-0.1, -0.05) is 24.3 Å². The quantitative estimate of drug-likeness (QED) is 0.735. The van der Waals surface area contributed by atoms with Crippen LogP contribution in [0.15, 0.2) is 36.7 Å². The van der Waals surface area contributed by atoms with Crippen molar-refractivity contribution in [1.29, 1.82) is 0 Å². The Bertz CT molecular complexity index is 518. The number of nitrogens with zero attached hydrogens (tertiary/aromatic N) is 1. The molecule has 0 saturated heterocycles. The third-order valence-electron chi connectivity index (χ3n) is 2.39. The molecule has 0 aromatic carbocycles. The number of aromatic amines is 1. The van der Waals surface area contributed by atoms with Gasteiger partial charge in [-0.3, -0.25) is 0 Å². The van der Waals surface area contributed by atoms with Crippen LogP contribution in [0.4, 0.5) is 0 Å². The highest BCUT2D eigenvalue weighted by molar-refractivity contribution is 5.89. The molecule has 2 heteroatoms. The molecule has 15 heavy (non-hydrogen) atoms. The number of aryl methyl sites for hydroxylation is 1. The Morgan fingerprint density at radius 1 is 1.33 bits per heavy atom. The van der Waals surface area contributed by atoms with Gasteiger partial charge in [0.15, 0.2) is 0 Å². The molecule has 0 atom stereocenters. The van der Waals surface area contributed by atoms with Crippen molar-refractivity contribution in [3.05, 3.63) is 47.8 Å². The number of nitrogens with one attached hydrogen (secondary N) is 1. The maximum absolute atomic E-state index is 4.28. The van der Waals surface area contributed by atoms with Crippen molar-refractivity contribution in [1.82, 2.24) is 9.97 Å². The molecule has 2 heterocycles. The van der Waals surface area contributed by atoms with Crippen molar-refractivity contribution < 1.29 is 0 Å². The summed E-state index contributed by atoms with van der Waals surface area (Å²) < 4.78 is 0. The second-order valence-electron chi connectivity index (χ2n) is 3.48. The molecule has 2 nitrogen and oxygen atoms in total. The van der Waals surface area contributed by atoms with Crippen LogP contribution in [0.3, 0.4) is 0 Å². The first kappa shape index (κ1) is 9.71. The first-order chi connectivity index (χ1) is 7.33. The van der Waals surface area contributed by atoms with Crippen LogP contribution >= 0.6 is 0 Å². The Kier molecular flexibility index (Phi) is 2.68. The fourth-order valence-electron chi connectivity index (χ4n) is 1.65. The van der Waals surface area contributed by atoms with E-state index in [-0.39, 0.29) is 0 Å². The molecule has 76 valence electrons. The topological polar surface area (TPSA) is 28.7 Å². The maximum Gasteiger partial charge on any atom is 0.138 e. The first-order valence-corrected chi connectivity index (χ1v) is 5.05. The largest absolute Gasteiger partial charge is 0.346 e. The Morgan fingerprint density at radius 3 is 3.00 bits per heavy atom. The van der Waals surface area contributed by atoms with Crippen molar-refractivity contribution in [3.63, 3.8) is 0 Å². The molecule has 0 fully saturated rings. The van der Waals surface area contributed by atoms with E-state index in [1.54, 1.807) is 0 Å². The zero-order valence-electron chi connectivity index (χ0n) is 8.99. The lowest BCUT2D eigenvalue weighted by Gasteiger charge is -1.95. The summed E-state index contributed by atoms with van der Waals surface area (Å²) in [5.41, 5.74) is 3.39. The molecule has 0 unspecified atom stereocenters. The van der Waals surface area contributed by atoms with E-state index in [2.05, 4.69) is 23.0 Å². The van der Waals surface area contributed by atoms with Gasteiger partial charge >= 0.3 is 0 Å². The third-order valence-corrected chi connectivity index (χ3v) is 2.39. The third kappa shape index (κ3) is 1.84. The summed E-state index contributed by atoms with van der Waals surface area (Å²) in [4.78, 5) is 7.45. The summed E-state index contributed by atoms with van der Waals surface area (Å²) >= 11 is 0. The minimum atomic E-state index is 0.954. The van der Waals surface area contributed by atoms with Crippen molar-refractivity contribution in [3.8, 4) is 0 Å². The Morgan fingerprint density at radius 2 is 2.20 bits per heavy atom. The smallest absolute Gasteiger partial charge is 0.138 e. The van der Waals surface area contributed by atoms with Crippen LogP contribution in [-0.2, 0) is 0 Å². The number of rotatable bonds is 2. The van der Waals surface area contributed by atoms with Crippen LogP contribution in [0, 0.1) is 6.92 Å². The molecule has 0 saturated carbocycles. The van der Waals surface area contributed by atoms with E-state index in [1.165, 1.54) is 16.5 Å². The van der Waals surface area contributed by atoms with Gasteiger partial charge in [-0.05, 0) is 25.5 Å². The fraction of sp³-hybridized carbons (Fsp3) is 0.154. The molecule has 2 rings (SSSR count). The SMILES string of the molecule is C/C=C/C=C/c1c[nH]c2nccc(C)c12. The van der Waals surface area contributed by atoms with E-state index in [0.29, 0.717) is 0 Å². The van der Waals surface area contributed by atoms with Crippen molar-refractivity contribution in [2.75, 3.05) is 0 Å². The second-order valence-corrected chi connectivity index (χ2v) is 3.48. The maximum atomic E-state index is 4.28. The predicted molar refractivity (Wildman–Crippen MR) is 64.7 cm³/mol. The van der Waals surface area contributed by atoms with Gasteiger partial charge in [-0.2, -0.15) is 0 Å². The highest BCUT2D eigenvalue weighted by Gasteiger charge is 2.03. The average Bonchev–Trinajstić information content (AvgIpc) is 2.63. The number of fused-ring (bicyclic) bond motifs is 1. The predicted octanol–water partition coefficient (Wildman–Crippen LogP) is 3.46. The highest BCUT2D eigenvalue weighted by Crippen LogP contribution is 2.21. The van der Waals surface area contributed by atoms with Gasteiger partial charge in [-0.15, -0.1) is 0 Å². The molecular weight excluding hydrogens is 184 g/mol. The molecule has 0 aliphatic heterocycles. The highest BCUT2D eigenvalue weighted by atomic mass is 14.8. The van der Waals surface area contributed by atoms with Gasteiger partial charge in [0.2, 0.25) is 0 Å². The van der Waals surface area contributed by atoms with Crippen molar-refractivity contribution >= 4 is 17.1 Å². The van der Waals surface area contributed by atoms with Crippen LogP contribution < -0.4 is 0 Å². The van der Waals surface area contributed by atoms with Gasteiger partial charge in [0.25, 0.3) is 0 Å². The normalized spacial score (nSPS) is 12.1. The number of allylic oxidation sites excluding steroid dienone is 3. The number of hydrogen-bond acceptors (Lipinski definition) is 1. The molecule has 0 aliphatic carbocycles. The van der Waals surface area contributed by atoms with Crippen LogP contribution in [0.2, 0.25) is 0 Å². The van der Waals surface area contributed by atoms with E-state index >= 15 is 0 Å². The van der Waals surface area contributed by atoms with Crippen molar-refractivity contribution in [2.45, 2.75) is 13.8 Å². The minimum Gasteiger partial charge on any atom is -0.346 e. The second kappa shape index (κ2) is 4.13. The van der Waals surface area contributed by atoms with Gasteiger partial charge in [0.1, 0.15) is 5.65 Å². The van der Waals surface area contributed by atoms with E-state index < -0.39 is 0 Å². The molecule has 0 radical (unpaired) electrons. The molecule has 1 N–H and O–H groups in total. The van der Waals surface area contributed by atoms with Crippen LogP contribution in [0.5, 0.6) is 0 Å². The van der Waals surface area contributed by atoms with Gasteiger partial charge < -0.3 is 4.98 Å². The van der Waals surface area contributed by atoms with Gasteiger partial charge in [0.05, 0.1) is 0 Å². The lowest BCUT2D eigenvalue weighted by molar-refractivity contribution is 1.31. The molecule has 2 aromatic heterocycles. The summed E-state index contributed by atoms with van der Waals surface area (Å²) in [7, 11) is 0. The van der Waals surface area contributed by atoms with Gasteiger partial charge in [-0.25, -0.2) is 4.98 Å². The molecular formula is C13H14N2. The van der Waals surface area contributed by atoms with Crippen LogP contribution in [0.1, 0.15) is 18.1 Å². The fourth-order valence-corrected chi connectivity index (χ4v) is 1.65. The van der Waals surface area contributed by atoms with Crippen molar-refractivity contribution in [2.24, 2.45) is 0 Å². The summed E-state index contributed by atoms with van der Waals surface area (Å²) in [5.74, 6) is 0. The summed E-state index contributed by atoms with van der Waals surface area (Å²) in [6.07, 6.45) is 12.0. The summed E-state index contributed by atoms with van der Waals surface area (Å²) in [6.45, 7) is 4.11. The number of aromatic nitrogens is 2. The lowest BCUT2D eigenvalue weighted by Crippen LogP contribution is -1.79. The Labute approximate surface area is 89.4 Å². The Balaban J connectivity index is 2.52. The Hall–Kier alpha value is -1.83. The van der Waals surface area contributed by atoms with Crippen LogP contribution in [-0.4, -0.2) is 9.97 Å². The number of H-pyrrole nitrogens is 1. The average molecular weight is 198 g/mol. The van der Waals surface area contributed by atoms with Crippen LogP contribution in [0.25, 0.3) is 17.1 Å². The lowest BCUT2D eigenvalue weighted by atomic mass is 10.1. The monoisotopic (exact) mass is 198 g/mol. The van der Waals surface area contributed by atoms with E-state index in [0.717, 1.165) is 5.65 Å². The zero-order chi connectivity index (χ0) is 10.7. The molecule has 0 bridgehead atoms. The number of hydrogen-bond donors (Lipinski definition) is 1. The van der Waals surface area contributed by atoms with E-state index in [9.17, 15) is 0 Å². The minimum absolute atomic E-state index is 0.954. The zero-order valence-corrected chi connectivity index (χ0v) is 8.99. The van der Waals surface area contributed by atoms with Gasteiger partial charge in [0, 0.05) is 23.3 Å². The molecule has 0 amide bonds. The molecule has 0 aliphatic rings. The summed E-state index contributed by atoms with van der Waals surface area (Å²) in [5, 5.41) is 1.21. The van der Waals surface area contributed by atoms with E-state index in [4.69, 9.17) is 0 Å². The summed E-state index contributed by atoms with van der Waals surface area (Å²) in [6, 6.07) is 2.03.